The maximum Gasteiger partial charge on any atom is 0.207 e. The van der Waals surface area contributed by atoms with E-state index in [-0.39, 0.29) is 0 Å². The average molecular weight is 641 g/mol. The minimum absolute atomic E-state index is 0.398. The molecule has 0 spiro atoms. The van der Waals surface area contributed by atoms with Gasteiger partial charge in [0.2, 0.25) is 5.82 Å². The zero-order chi connectivity index (χ0) is 33.0. The fourth-order valence-corrected chi connectivity index (χ4v) is 5.87. The molecule has 3 heterocycles. The van der Waals surface area contributed by atoms with E-state index in [9.17, 15) is 0 Å². The smallest absolute Gasteiger partial charge is 0.207 e. The predicted molar refractivity (Wildman–Crippen MR) is 184 cm³/mol. The van der Waals surface area contributed by atoms with Crippen LogP contribution in [0, 0.1) is 0 Å². The second-order valence-corrected chi connectivity index (χ2v) is 11.6. The molecule has 0 fully saturated rings. The maximum absolute atomic E-state index is 6.27. The summed E-state index contributed by atoms with van der Waals surface area (Å²) in [6.07, 6.45) is 8.38. The number of hydrogen-bond donors (Lipinski definition) is 1. The van der Waals surface area contributed by atoms with E-state index < -0.39 is 0 Å². The number of fused-ring (bicyclic) bond motifs is 1. The van der Waals surface area contributed by atoms with Crippen LogP contribution < -0.4 is 15.2 Å². The molecule has 242 valence electrons. The maximum atomic E-state index is 6.27. The first kappa shape index (κ1) is 30.6. The van der Waals surface area contributed by atoms with Gasteiger partial charge in [-0.2, -0.15) is 5.10 Å². The number of aryl methyl sites for hydroxylation is 1. The molecule has 48 heavy (non-hydrogen) atoms. The lowest BCUT2D eigenvalue weighted by molar-refractivity contribution is 0.260. The Morgan fingerprint density at radius 2 is 1.60 bits per heavy atom. The summed E-state index contributed by atoms with van der Waals surface area (Å²) in [4.78, 5) is 8.20. The van der Waals surface area contributed by atoms with Crippen LogP contribution in [0.4, 0.5) is 5.69 Å². The molecule has 0 bridgehead atoms. The Labute approximate surface area is 278 Å². The quantitative estimate of drug-likeness (QED) is 0.178. The van der Waals surface area contributed by atoms with Crippen LogP contribution in [0.1, 0.15) is 16.7 Å². The Kier molecular flexibility index (Phi) is 8.54. The van der Waals surface area contributed by atoms with Crippen molar-refractivity contribution in [2.75, 3.05) is 26.5 Å². The summed E-state index contributed by atoms with van der Waals surface area (Å²) in [5, 5.41) is 18.7. The van der Waals surface area contributed by atoms with Crippen LogP contribution in [0.2, 0.25) is 0 Å². The lowest BCUT2D eigenvalue weighted by Gasteiger charge is -2.23. The molecule has 0 radical (unpaired) electrons. The molecule has 7 aromatic rings. The number of tetrazole rings is 1. The summed E-state index contributed by atoms with van der Waals surface area (Å²) in [6, 6.07) is 26.9. The van der Waals surface area contributed by atoms with E-state index in [2.05, 4.69) is 85.0 Å². The van der Waals surface area contributed by atoms with Gasteiger partial charge in [0.15, 0.2) is 11.5 Å². The first-order chi connectivity index (χ1) is 23.5. The number of ether oxygens (including phenoxy) is 2. The predicted octanol–water partition coefficient (Wildman–Crippen LogP) is 5.25. The van der Waals surface area contributed by atoms with Crippen molar-refractivity contribution >= 4 is 16.6 Å². The molecule has 0 aliphatic heterocycles. The number of nitrogen functional groups attached to an aromatic ring is 1. The molecular formula is C36H36N10O2. The number of hydrogen-bond acceptors (Lipinski definition) is 9. The lowest BCUT2D eigenvalue weighted by atomic mass is 10.1. The molecule has 7 rings (SSSR count). The van der Waals surface area contributed by atoms with Crippen LogP contribution in [0.25, 0.3) is 33.7 Å². The molecule has 4 aromatic carbocycles. The zero-order valence-electron chi connectivity index (χ0n) is 27.1. The highest BCUT2D eigenvalue weighted by molar-refractivity contribution is 5.79. The average Bonchev–Trinajstić information content (AvgIpc) is 3.90. The number of benzene rings is 4. The molecule has 0 saturated carbocycles. The normalized spacial score (nSPS) is 11.4. The van der Waals surface area contributed by atoms with Crippen LogP contribution >= 0.6 is 0 Å². The fraction of sp³-hybridized carbons (Fsp3) is 0.194. The standard InChI is InChI=1S/C36H36N10O2/c1-43-33-12-9-27(17-28(33)21-39-43)23-44(22-26-5-4-6-30(18-26)45-16-14-38-24-45)15-13-25-7-10-29(11-8-25)46-41-36(40-42-46)31-19-34(47-2)35(48-3)20-32(31)37/h4-12,14,16-21,24H,13,15,22-23,37H2,1-3H3. The molecule has 2 N–H and O–H groups in total. The minimum Gasteiger partial charge on any atom is -0.493 e. The topological polar surface area (TPSA) is 127 Å². The van der Waals surface area contributed by atoms with Gasteiger partial charge in [-0.15, -0.1) is 15.0 Å². The summed E-state index contributed by atoms with van der Waals surface area (Å²) in [6.45, 7) is 2.48. The molecule has 12 nitrogen and oxygen atoms in total. The van der Waals surface area contributed by atoms with Crippen LogP contribution in [0.3, 0.4) is 0 Å². The monoisotopic (exact) mass is 640 g/mol. The molecule has 0 aliphatic carbocycles. The van der Waals surface area contributed by atoms with E-state index in [0.717, 1.165) is 48.3 Å². The SMILES string of the molecule is COc1cc(N)c(-c2nnn(-c3ccc(CCN(Cc4cccc(-n5ccnc5)c4)Cc4ccc5c(cnn5C)c4)cc3)n2)cc1OC. The third-order valence-electron chi connectivity index (χ3n) is 8.43. The molecule has 0 saturated heterocycles. The van der Waals surface area contributed by atoms with Gasteiger partial charge in [-0.3, -0.25) is 9.58 Å². The molecule has 0 amide bonds. The largest absolute Gasteiger partial charge is 0.493 e. The van der Waals surface area contributed by atoms with Crippen molar-refractivity contribution in [2.24, 2.45) is 7.05 Å². The van der Waals surface area contributed by atoms with Gasteiger partial charge in [0.1, 0.15) is 0 Å². The van der Waals surface area contributed by atoms with Gasteiger partial charge >= 0.3 is 0 Å². The van der Waals surface area contributed by atoms with E-state index in [1.165, 1.54) is 21.5 Å². The summed E-state index contributed by atoms with van der Waals surface area (Å²) < 4.78 is 14.7. The second-order valence-electron chi connectivity index (χ2n) is 11.6. The summed E-state index contributed by atoms with van der Waals surface area (Å²) in [7, 11) is 5.11. The molecule has 0 unspecified atom stereocenters. The molecular weight excluding hydrogens is 604 g/mol. The Hall–Kier alpha value is -6.01. The highest BCUT2D eigenvalue weighted by atomic mass is 16.5. The van der Waals surface area contributed by atoms with Crippen molar-refractivity contribution in [3.8, 4) is 34.3 Å². The highest BCUT2D eigenvalue weighted by Gasteiger charge is 2.16. The number of imidazole rings is 1. The van der Waals surface area contributed by atoms with Crippen molar-refractivity contribution < 1.29 is 9.47 Å². The van der Waals surface area contributed by atoms with E-state index in [1.54, 1.807) is 32.5 Å². The molecule has 3 aromatic heterocycles. The van der Waals surface area contributed by atoms with Crippen molar-refractivity contribution in [1.29, 1.82) is 0 Å². The van der Waals surface area contributed by atoms with Crippen LogP contribution in [0.5, 0.6) is 11.5 Å². The lowest BCUT2D eigenvalue weighted by Crippen LogP contribution is -2.25. The van der Waals surface area contributed by atoms with Crippen LogP contribution in [-0.4, -0.2) is 65.2 Å². The van der Waals surface area contributed by atoms with Crippen molar-refractivity contribution in [3.63, 3.8) is 0 Å². The number of aromatic nitrogens is 8. The first-order valence-electron chi connectivity index (χ1n) is 15.6. The Bertz CT molecular complexity index is 2150. The Morgan fingerprint density at radius 1 is 0.833 bits per heavy atom. The van der Waals surface area contributed by atoms with Crippen LogP contribution in [0.15, 0.2) is 104 Å². The Morgan fingerprint density at radius 3 is 2.38 bits per heavy atom. The highest BCUT2D eigenvalue weighted by Crippen LogP contribution is 2.36. The van der Waals surface area contributed by atoms with Gasteiger partial charge in [-0.1, -0.05) is 30.3 Å². The summed E-state index contributed by atoms with van der Waals surface area (Å²) in [5.74, 6) is 1.48. The number of nitrogens with zero attached hydrogens (tertiary/aromatic N) is 9. The van der Waals surface area contributed by atoms with Gasteiger partial charge in [0.05, 0.1) is 37.9 Å². The van der Waals surface area contributed by atoms with E-state index in [1.807, 2.05) is 47.2 Å². The second kappa shape index (κ2) is 13.4. The van der Waals surface area contributed by atoms with E-state index in [4.69, 9.17) is 15.2 Å². The summed E-state index contributed by atoms with van der Waals surface area (Å²) in [5.41, 5.74) is 14.1. The molecule has 12 heteroatoms. The van der Waals surface area contributed by atoms with Crippen molar-refractivity contribution in [3.05, 3.63) is 120 Å². The van der Waals surface area contributed by atoms with Crippen molar-refractivity contribution in [1.82, 2.24) is 44.4 Å². The number of anilines is 1. The zero-order valence-corrected chi connectivity index (χ0v) is 27.1. The van der Waals surface area contributed by atoms with Gasteiger partial charge < -0.3 is 19.8 Å². The minimum atomic E-state index is 0.398. The first-order valence-corrected chi connectivity index (χ1v) is 15.6. The van der Waals surface area contributed by atoms with Gasteiger partial charge in [-0.25, -0.2) is 4.98 Å². The number of methoxy groups -OCH3 is 2. The summed E-state index contributed by atoms with van der Waals surface area (Å²) >= 11 is 0. The van der Waals surface area contributed by atoms with E-state index >= 15 is 0 Å². The van der Waals surface area contributed by atoms with Crippen molar-refractivity contribution in [2.45, 2.75) is 19.5 Å². The third-order valence-corrected chi connectivity index (χ3v) is 8.43. The van der Waals surface area contributed by atoms with Gasteiger partial charge in [0, 0.05) is 67.5 Å². The van der Waals surface area contributed by atoms with Crippen LogP contribution in [-0.2, 0) is 26.6 Å². The van der Waals surface area contributed by atoms with Gasteiger partial charge in [0.25, 0.3) is 0 Å². The third kappa shape index (κ3) is 6.46. The fourth-order valence-electron chi connectivity index (χ4n) is 5.87. The Balaban J connectivity index is 1.08. The van der Waals surface area contributed by atoms with E-state index in [0.29, 0.717) is 28.6 Å². The molecule has 0 aliphatic rings. The molecule has 0 atom stereocenters. The number of rotatable bonds is 12. The number of nitrogens with two attached hydrogens (primary N) is 1. The van der Waals surface area contributed by atoms with Gasteiger partial charge in [-0.05, 0) is 70.8 Å².